The van der Waals surface area contributed by atoms with Crippen molar-refractivity contribution >= 4 is 5.91 Å². The van der Waals surface area contributed by atoms with Crippen LogP contribution in [0.25, 0.3) is 0 Å². The third-order valence-corrected chi connectivity index (χ3v) is 1.67. The van der Waals surface area contributed by atoms with E-state index in [0.29, 0.717) is 6.61 Å². The number of carbonyl (C=O) groups is 1. The van der Waals surface area contributed by atoms with Crippen LogP contribution in [0.15, 0.2) is 12.2 Å². The first-order valence-corrected chi connectivity index (χ1v) is 4.66. The van der Waals surface area contributed by atoms with E-state index in [4.69, 9.17) is 4.74 Å². The summed E-state index contributed by atoms with van der Waals surface area (Å²) in [4.78, 5) is 11.1. The number of methoxy groups -OCH3 is 1. The van der Waals surface area contributed by atoms with Crippen molar-refractivity contribution in [3.8, 4) is 0 Å². The number of amides is 1. The van der Waals surface area contributed by atoms with Crippen LogP contribution in [0.3, 0.4) is 0 Å². The first-order valence-electron chi connectivity index (χ1n) is 4.66. The Hall–Kier alpha value is -0.830. The van der Waals surface area contributed by atoms with Gasteiger partial charge in [-0.2, -0.15) is 0 Å². The largest absolute Gasteiger partial charge is 0.383 e. The highest BCUT2D eigenvalue weighted by atomic mass is 16.5. The summed E-state index contributed by atoms with van der Waals surface area (Å²) in [5.74, 6) is -0.0435. The Kier molecular flexibility index (Phi) is 7.30. The molecule has 0 rings (SSSR count). The van der Waals surface area contributed by atoms with Gasteiger partial charge in [0.05, 0.1) is 12.6 Å². The lowest BCUT2D eigenvalue weighted by atomic mass is 10.2. The third-order valence-electron chi connectivity index (χ3n) is 1.67. The first-order chi connectivity index (χ1) is 6.24. The van der Waals surface area contributed by atoms with Gasteiger partial charge in [0.15, 0.2) is 0 Å². The molecule has 3 heteroatoms. The van der Waals surface area contributed by atoms with E-state index >= 15 is 0 Å². The number of allylic oxidation sites excluding steroid dienone is 1. The highest BCUT2D eigenvalue weighted by molar-refractivity contribution is 5.87. The smallest absolute Gasteiger partial charge is 0.243 e. The fourth-order valence-corrected chi connectivity index (χ4v) is 1.15. The van der Waals surface area contributed by atoms with Crippen LogP contribution in [0, 0.1) is 0 Å². The SMILES string of the molecule is CC=CC(=O)NC(CCC)COC. The van der Waals surface area contributed by atoms with E-state index in [-0.39, 0.29) is 11.9 Å². The van der Waals surface area contributed by atoms with Gasteiger partial charge in [0.25, 0.3) is 0 Å². The van der Waals surface area contributed by atoms with Crippen LogP contribution in [0.2, 0.25) is 0 Å². The molecule has 0 aliphatic heterocycles. The molecule has 1 amide bonds. The number of hydrogen-bond acceptors (Lipinski definition) is 2. The number of rotatable bonds is 6. The van der Waals surface area contributed by atoms with Gasteiger partial charge in [0.2, 0.25) is 5.91 Å². The first kappa shape index (κ1) is 12.2. The number of hydrogen-bond donors (Lipinski definition) is 1. The second kappa shape index (κ2) is 7.80. The molecular weight excluding hydrogens is 166 g/mol. The van der Waals surface area contributed by atoms with E-state index in [1.54, 1.807) is 13.2 Å². The molecule has 1 N–H and O–H groups in total. The van der Waals surface area contributed by atoms with Crippen molar-refractivity contribution in [3.63, 3.8) is 0 Å². The lowest BCUT2D eigenvalue weighted by molar-refractivity contribution is -0.117. The van der Waals surface area contributed by atoms with E-state index in [2.05, 4.69) is 12.2 Å². The van der Waals surface area contributed by atoms with Crippen LogP contribution in [-0.2, 0) is 9.53 Å². The molecule has 0 heterocycles. The van der Waals surface area contributed by atoms with E-state index < -0.39 is 0 Å². The number of ether oxygens (including phenoxy) is 1. The zero-order chi connectivity index (χ0) is 10.1. The lowest BCUT2D eigenvalue weighted by Gasteiger charge is -2.15. The Bertz CT molecular complexity index is 160. The molecule has 13 heavy (non-hydrogen) atoms. The maximum atomic E-state index is 11.1. The van der Waals surface area contributed by atoms with Gasteiger partial charge >= 0.3 is 0 Å². The van der Waals surface area contributed by atoms with Crippen LogP contribution in [0.1, 0.15) is 26.7 Å². The predicted molar refractivity (Wildman–Crippen MR) is 53.5 cm³/mol. The molecule has 0 bridgehead atoms. The van der Waals surface area contributed by atoms with Crippen LogP contribution < -0.4 is 5.32 Å². The Morgan fingerprint density at radius 2 is 2.31 bits per heavy atom. The van der Waals surface area contributed by atoms with Gasteiger partial charge in [-0.15, -0.1) is 0 Å². The van der Waals surface area contributed by atoms with Crippen molar-refractivity contribution in [1.82, 2.24) is 5.32 Å². The summed E-state index contributed by atoms with van der Waals surface area (Å²) < 4.78 is 5.00. The fraction of sp³-hybridized carbons (Fsp3) is 0.700. The normalized spacial score (nSPS) is 13.2. The molecule has 3 nitrogen and oxygen atoms in total. The minimum atomic E-state index is -0.0435. The molecule has 1 atom stereocenters. The summed E-state index contributed by atoms with van der Waals surface area (Å²) in [5.41, 5.74) is 0. The second-order valence-electron chi connectivity index (χ2n) is 2.95. The summed E-state index contributed by atoms with van der Waals surface area (Å²) in [6.45, 7) is 4.49. The third kappa shape index (κ3) is 6.34. The molecular formula is C10H19NO2. The zero-order valence-corrected chi connectivity index (χ0v) is 8.67. The van der Waals surface area contributed by atoms with Gasteiger partial charge in [-0.25, -0.2) is 0 Å². The monoisotopic (exact) mass is 185 g/mol. The average Bonchev–Trinajstić information content (AvgIpc) is 2.05. The van der Waals surface area contributed by atoms with Crippen molar-refractivity contribution in [3.05, 3.63) is 12.2 Å². The summed E-state index contributed by atoms with van der Waals surface area (Å²) in [6, 6.07) is 0.138. The van der Waals surface area contributed by atoms with Crippen molar-refractivity contribution in [2.45, 2.75) is 32.7 Å². The van der Waals surface area contributed by atoms with Gasteiger partial charge in [-0.3, -0.25) is 4.79 Å². The lowest BCUT2D eigenvalue weighted by Crippen LogP contribution is -2.36. The zero-order valence-electron chi connectivity index (χ0n) is 8.67. The highest BCUT2D eigenvalue weighted by Crippen LogP contribution is 1.96. The average molecular weight is 185 g/mol. The summed E-state index contributed by atoms with van der Waals surface area (Å²) in [5, 5.41) is 2.87. The molecule has 0 aromatic heterocycles. The van der Waals surface area contributed by atoms with Gasteiger partial charge in [0, 0.05) is 7.11 Å². The summed E-state index contributed by atoms with van der Waals surface area (Å²) in [7, 11) is 1.64. The number of nitrogens with one attached hydrogen (secondary N) is 1. The Morgan fingerprint density at radius 1 is 1.62 bits per heavy atom. The summed E-state index contributed by atoms with van der Waals surface area (Å²) in [6.07, 6.45) is 5.25. The maximum Gasteiger partial charge on any atom is 0.243 e. The van der Waals surface area contributed by atoms with Gasteiger partial charge in [-0.1, -0.05) is 19.4 Å². The minimum absolute atomic E-state index is 0.0435. The molecule has 0 spiro atoms. The van der Waals surface area contributed by atoms with Crippen molar-refractivity contribution in [2.24, 2.45) is 0 Å². The standard InChI is InChI=1S/C10H19NO2/c1-4-6-9(8-13-3)11-10(12)7-5-2/h5,7,9H,4,6,8H2,1-3H3,(H,11,12). The topological polar surface area (TPSA) is 38.3 Å². The molecule has 0 saturated carbocycles. The predicted octanol–water partition coefficient (Wildman–Crippen LogP) is 1.49. The molecule has 0 fully saturated rings. The molecule has 0 aromatic carbocycles. The van der Waals surface area contributed by atoms with Crippen LogP contribution in [0.5, 0.6) is 0 Å². The van der Waals surface area contributed by atoms with Crippen molar-refractivity contribution in [1.29, 1.82) is 0 Å². The molecule has 0 radical (unpaired) electrons. The molecule has 0 aromatic rings. The van der Waals surface area contributed by atoms with Crippen LogP contribution in [-0.4, -0.2) is 25.7 Å². The highest BCUT2D eigenvalue weighted by Gasteiger charge is 2.08. The number of carbonyl (C=O) groups excluding carboxylic acids is 1. The van der Waals surface area contributed by atoms with Crippen molar-refractivity contribution < 1.29 is 9.53 Å². The van der Waals surface area contributed by atoms with Gasteiger partial charge < -0.3 is 10.1 Å². The minimum Gasteiger partial charge on any atom is -0.383 e. The quantitative estimate of drug-likeness (QED) is 0.637. The molecule has 0 saturated heterocycles. The van der Waals surface area contributed by atoms with Gasteiger partial charge in [-0.05, 0) is 19.4 Å². The Morgan fingerprint density at radius 3 is 2.77 bits per heavy atom. The fourth-order valence-electron chi connectivity index (χ4n) is 1.15. The van der Waals surface area contributed by atoms with E-state index in [1.807, 2.05) is 6.92 Å². The van der Waals surface area contributed by atoms with E-state index in [9.17, 15) is 4.79 Å². The maximum absolute atomic E-state index is 11.1. The van der Waals surface area contributed by atoms with Crippen LogP contribution >= 0.6 is 0 Å². The molecule has 76 valence electrons. The van der Waals surface area contributed by atoms with E-state index in [0.717, 1.165) is 12.8 Å². The molecule has 0 aliphatic carbocycles. The summed E-state index contributed by atoms with van der Waals surface area (Å²) >= 11 is 0. The van der Waals surface area contributed by atoms with E-state index in [1.165, 1.54) is 6.08 Å². The second-order valence-corrected chi connectivity index (χ2v) is 2.95. The van der Waals surface area contributed by atoms with Crippen molar-refractivity contribution in [2.75, 3.05) is 13.7 Å². The Labute approximate surface area is 80.2 Å². The van der Waals surface area contributed by atoms with Gasteiger partial charge in [0.1, 0.15) is 0 Å². The molecule has 0 aliphatic rings. The molecule has 1 unspecified atom stereocenters. The van der Waals surface area contributed by atoms with Crippen LogP contribution in [0.4, 0.5) is 0 Å². The Balaban J connectivity index is 3.85.